The Bertz CT molecular complexity index is 1140. The molecule has 3 rings (SSSR count). The topological polar surface area (TPSA) is 93.1 Å². The SMILES string of the molecule is CCCCCC(CC)C(Cc1ccc(OCCN2CCCCCC2)cc1)(C(=O)O)S(=O)(=O)c1ccc(OC)cc1. The minimum absolute atomic E-state index is 0.00175. The number of carboxylic acid groups (broad SMARTS) is 1. The van der Waals surface area contributed by atoms with E-state index in [0.29, 0.717) is 36.5 Å². The van der Waals surface area contributed by atoms with Crippen LogP contribution in [0, 0.1) is 5.92 Å². The summed E-state index contributed by atoms with van der Waals surface area (Å²) in [6, 6.07) is 13.3. The van der Waals surface area contributed by atoms with Crippen molar-refractivity contribution in [3.8, 4) is 11.5 Å². The summed E-state index contributed by atoms with van der Waals surface area (Å²) in [5, 5.41) is 10.7. The van der Waals surface area contributed by atoms with Crippen LogP contribution in [0.4, 0.5) is 0 Å². The molecule has 0 aromatic heterocycles. The van der Waals surface area contributed by atoms with Gasteiger partial charge in [-0.1, -0.05) is 64.5 Å². The highest BCUT2D eigenvalue weighted by atomic mass is 32.2. The number of hydrogen-bond donors (Lipinski definition) is 1. The summed E-state index contributed by atoms with van der Waals surface area (Å²) in [5.41, 5.74) is 0.660. The minimum Gasteiger partial charge on any atom is -0.497 e. The van der Waals surface area contributed by atoms with Crippen LogP contribution in [0.5, 0.6) is 11.5 Å². The van der Waals surface area contributed by atoms with Crippen LogP contribution in [0.15, 0.2) is 53.4 Å². The van der Waals surface area contributed by atoms with Gasteiger partial charge in [-0.25, -0.2) is 8.42 Å². The Morgan fingerprint density at radius 1 is 0.950 bits per heavy atom. The summed E-state index contributed by atoms with van der Waals surface area (Å²) < 4.78 is 37.7. The van der Waals surface area contributed by atoms with Gasteiger partial charge in [0.05, 0.1) is 12.0 Å². The van der Waals surface area contributed by atoms with Crippen molar-refractivity contribution in [1.82, 2.24) is 4.90 Å². The molecule has 0 aliphatic carbocycles. The molecular formula is C32H47NO6S. The molecule has 8 heteroatoms. The molecule has 222 valence electrons. The van der Waals surface area contributed by atoms with Gasteiger partial charge in [0.15, 0.2) is 14.6 Å². The summed E-state index contributed by atoms with van der Waals surface area (Å²) in [5.74, 6) is -0.633. The van der Waals surface area contributed by atoms with Crippen molar-refractivity contribution in [3.05, 3.63) is 54.1 Å². The van der Waals surface area contributed by atoms with E-state index in [-0.39, 0.29) is 11.3 Å². The number of likely N-dealkylation sites (tertiary alicyclic amines) is 1. The molecular weight excluding hydrogens is 526 g/mol. The van der Waals surface area contributed by atoms with Gasteiger partial charge in [0.1, 0.15) is 18.1 Å². The van der Waals surface area contributed by atoms with E-state index in [2.05, 4.69) is 11.8 Å². The molecule has 2 aromatic carbocycles. The Labute approximate surface area is 240 Å². The highest BCUT2D eigenvalue weighted by Crippen LogP contribution is 2.41. The van der Waals surface area contributed by atoms with Gasteiger partial charge < -0.3 is 14.6 Å². The Morgan fingerprint density at radius 3 is 2.12 bits per heavy atom. The van der Waals surface area contributed by atoms with E-state index in [9.17, 15) is 18.3 Å². The van der Waals surface area contributed by atoms with Crippen LogP contribution < -0.4 is 9.47 Å². The standard InChI is InChI=1S/C32H47NO6S/c1-4-6-9-12-27(5-2)32(31(34)35,40(36,37)30-19-17-28(38-3)18-20-30)25-26-13-15-29(16-14-26)39-24-23-33-21-10-7-8-11-22-33/h13-20,27H,4-12,21-25H2,1-3H3,(H,34,35). The lowest BCUT2D eigenvalue weighted by molar-refractivity contribution is -0.142. The van der Waals surface area contributed by atoms with E-state index in [1.807, 2.05) is 19.1 Å². The first-order valence-electron chi connectivity index (χ1n) is 14.8. The molecule has 40 heavy (non-hydrogen) atoms. The quantitative estimate of drug-likeness (QED) is 0.232. The molecule has 1 N–H and O–H groups in total. The molecule has 0 amide bonds. The minimum atomic E-state index is -4.27. The predicted octanol–water partition coefficient (Wildman–Crippen LogP) is 6.40. The van der Waals surface area contributed by atoms with Gasteiger partial charge in [0.25, 0.3) is 0 Å². The molecule has 0 bridgehead atoms. The summed E-state index contributed by atoms with van der Waals surface area (Å²) in [6.45, 7) is 7.65. The maximum Gasteiger partial charge on any atom is 0.326 e. The first-order valence-corrected chi connectivity index (χ1v) is 16.3. The van der Waals surface area contributed by atoms with Crippen molar-refractivity contribution in [3.63, 3.8) is 0 Å². The monoisotopic (exact) mass is 573 g/mol. The number of rotatable bonds is 16. The van der Waals surface area contributed by atoms with Gasteiger partial charge in [0, 0.05) is 13.0 Å². The zero-order chi connectivity index (χ0) is 29.0. The van der Waals surface area contributed by atoms with Crippen LogP contribution in [-0.2, 0) is 21.1 Å². The third kappa shape index (κ3) is 7.78. The second kappa shape index (κ2) is 15.4. The summed E-state index contributed by atoms with van der Waals surface area (Å²) >= 11 is 0. The number of benzene rings is 2. The largest absolute Gasteiger partial charge is 0.497 e. The summed E-state index contributed by atoms with van der Waals surface area (Å²) in [4.78, 5) is 15.6. The fourth-order valence-corrected chi connectivity index (χ4v) is 8.08. The van der Waals surface area contributed by atoms with E-state index < -0.39 is 26.5 Å². The molecule has 1 aliphatic rings. The lowest BCUT2D eigenvalue weighted by atomic mass is 9.80. The highest BCUT2D eigenvalue weighted by molar-refractivity contribution is 7.93. The Kier molecular flexibility index (Phi) is 12.3. The van der Waals surface area contributed by atoms with E-state index in [4.69, 9.17) is 9.47 Å². The average Bonchev–Trinajstić information content (AvgIpc) is 3.24. The lowest BCUT2D eigenvalue weighted by Gasteiger charge is -2.37. The third-order valence-corrected chi connectivity index (χ3v) is 10.8. The fourth-order valence-electron chi connectivity index (χ4n) is 5.86. The number of sulfone groups is 1. The van der Waals surface area contributed by atoms with E-state index in [1.54, 1.807) is 24.3 Å². The molecule has 7 nitrogen and oxygen atoms in total. The van der Waals surface area contributed by atoms with Crippen molar-refractivity contribution < 1.29 is 27.8 Å². The van der Waals surface area contributed by atoms with E-state index in [0.717, 1.165) is 38.9 Å². The number of carboxylic acids is 1. The fraction of sp³-hybridized carbons (Fsp3) is 0.594. The van der Waals surface area contributed by atoms with Crippen LogP contribution >= 0.6 is 0 Å². The Morgan fingerprint density at radius 2 is 1.57 bits per heavy atom. The van der Waals surface area contributed by atoms with Crippen LogP contribution in [-0.4, -0.2) is 62.5 Å². The number of aliphatic carboxylic acids is 1. The third-order valence-electron chi connectivity index (χ3n) is 8.28. The summed E-state index contributed by atoms with van der Waals surface area (Å²) in [6.07, 6.45) is 8.60. The maximum absolute atomic E-state index is 14.3. The zero-order valence-electron chi connectivity index (χ0n) is 24.4. The molecule has 0 spiro atoms. The molecule has 0 radical (unpaired) electrons. The van der Waals surface area contributed by atoms with Crippen LogP contribution in [0.2, 0.25) is 0 Å². The van der Waals surface area contributed by atoms with Gasteiger partial charge in [-0.3, -0.25) is 9.69 Å². The van der Waals surface area contributed by atoms with Crippen molar-refractivity contribution in [2.75, 3.05) is 33.4 Å². The van der Waals surface area contributed by atoms with Crippen LogP contribution in [0.1, 0.15) is 77.2 Å². The smallest absolute Gasteiger partial charge is 0.326 e. The van der Waals surface area contributed by atoms with Gasteiger partial charge in [0.2, 0.25) is 0 Å². The average molecular weight is 574 g/mol. The Hall–Kier alpha value is -2.58. The van der Waals surface area contributed by atoms with Gasteiger partial charge in [-0.15, -0.1) is 0 Å². The molecule has 2 atom stereocenters. The first-order chi connectivity index (χ1) is 19.3. The second-order valence-corrected chi connectivity index (χ2v) is 13.1. The second-order valence-electron chi connectivity index (χ2n) is 10.9. The molecule has 2 aromatic rings. The maximum atomic E-state index is 14.3. The highest BCUT2D eigenvalue weighted by Gasteiger charge is 2.56. The first kappa shape index (κ1) is 31.9. The zero-order valence-corrected chi connectivity index (χ0v) is 25.3. The molecule has 2 unspecified atom stereocenters. The van der Waals surface area contributed by atoms with Crippen molar-refractivity contribution in [2.45, 2.75) is 87.7 Å². The van der Waals surface area contributed by atoms with E-state index >= 15 is 0 Å². The predicted molar refractivity (Wildman–Crippen MR) is 159 cm³/mol. The number of methoxy groups -OCH3 is 1. The van der Waals surface area contributed by atoms with Crippen LogP contribution in [0.25, 0.3) is 0 Å². The van der Waals surface area contributed by atoms with Crippen molar-refractivity contribution in [1.29, 1.82) is 0 Å². The molecule has 0 saturated carbocycles. The van der Waals surface area contributed by atoms with Crippen LogP contribution in [0.3, 0.4) is 0 Å². The number of carbonyl (C=O) groups is 1. The van der Waals surface area contributed by atoms with Gasteiger partial charge in [-0.05, 0) is 80.2 Å². The number of unbranched alkanes of at least 4 members (excludes halogenated alkanes) is 2. The number of ether oxygens (including phenoxy) is 2. The van der Waals surface area contributed by atoms with Gasteiger partial charge >= 0.3 is 5.97 Å². The Balaban J connectivity index is 1.87. The van der Waals surface area contributed by atoms with Gasteiger partial charge in [-0.2, -0.15) is 0 Å². The number of nitrogens with zero attached hydrogens (tertiary/aromatic N) is 1. The molecule has 1 heterocycles. The molecule has 1 aliphatic heterocycles. The number of hydrogen-bond acceptors (Lipinski definition) is 6. The van der Waals surface area contributed by atoms with Crippen molar-refractivity contribution >= 4 is 15.8 Å². The normalized spacial score (nSPS) is 17.0. The van der Waals surface area contributed by atoms with Crippen molar-refractivity contribution in [2.24, 2.45) is 5.92 Å². The molecule has 1 saturated heterocycles. The molecule has 1 fully saturated rings. The lowest BCUT2D eigenvalue weighted by Crippen LogP contribution is -2.54. The summed E-state index contributed by atoms with van der Waals surface area (Å²) in [7, 11) is -2.76. The van der Waals surface area contributed by atoms with E-state index in [1.165, 1.54) is 44.9 Å².